The van der Waals surface area contributed by atoms with E-state index in [1.54, 1.807) is 24.4 Å². The molecule has 0 aliphatic rings. The fourth-order valence-electron chi connectivity index (χ4n) is 1.70. The molecule has 0 saturated carbocycles. The van der Waals surface area contributed by atoms with Crippen molar-refractivity contribution in [1.29, 1.82) is 5.41 Å². The average molecular weight is 460 g/mol. The number of nitrogens with one attached hydrogen (secondary N) is 3. The fraction of sp³-hybridized carbons (Fsp3) is 0.188. The molecular formula is C16H18FIN4O3. The quantitative estimate of drug-likeness (QED) is 0.318. The number of carboxylic acid groups (broad SMARTS) is 1. The molecule has 1 heterocycles. The first-order chi connectivity index (χ1) is 11.8. The Kier molecular flexibility index (Phi) is 8.61. The van der Waals surface area contributed by atoms with Gasteiger partial charge in [-0.15, -0.1) is 0 Å². The van der Waals surface area contributed by atoms with Gasteiger partial charge in [0.2, 0.25) is 0 Å². The van der Waals surface area contributed by atoms with Gasteiger partial charge in [-0.2, -0.15) is 0 Å². The molecule has 0 radical (unpaired) electrons. The number of carbonyl (C=O) groups is 1. The van der Waals surface area contributed by atoms with Crippen LogP contribution >= 0.6 is 22.6 Å². The van der Waals surface area contributed by atoms with Crippen LogP contribution in [0.25, 0.3) is 0 Å². The molecule has 0 spiro atoms. The van der Waals surface area contributed by atoms with Crippen LogP contribution in [0.3, 0.4) is 0 Å². The van der Waals surface area contributed by atoms with E-state index in [0.29, 0.717) is 17.1 Å². The van der Waals surface area contributed by atoms with Crippen LogP contribution in [0.2, 0.25) is 0 Å². The van der Waals surface area contributed by atoms with Gasteiger partial charge in [0.05, 0.1) is 7.11 Å². The van der Waals surface area contributed by atoms with Gasteiger partial charge < -0.3 is 20.5 Å². The summed E-state index contributed by atoms with van der Waals surface area (Å²) >= 11 is 2.15. The number of aromatic nitrogens is 1. The van der Waals surface area contributed by atoms with Gasteiger partial charge in [0.15, 0.2) is 5.96 Å². The van der Waals surface area contributed by atoms with Gasteiger partial charge in [0.1, 0.15) is 17.4 Å². The van der Waals surface area contributed by atoms with E-state index in [2.05, 4.69) is 38.2 Å². The maximum atomic E-state index is 13.7. The van der Waals surface area contributed by atoms with Gasteiger partial charge in [-0.3, -0.25) is 10.2 Å². The monoisotopic (exact) mass is 460 g/mol. The van der Waals surface area contributed by atoms with E-state index in [9.17, 15) is 4.39 Å². The third-order valence-corrected chi connectivity index (χ3v) is 3.36. The molecule has 0 aliphatic heterocycles. The molecule has 0 atom stereocenters. The second-order valence-corrected chi connectivity index (χ2v) is 5.90. The molecule has 0 saturated heterocycles. The Bertz CT molecular complexity index is 722. The van der Waals surface area contributed by atoms with Crippen molar-refractivity contribution in [1.82, 2.24) is 10.3 Å². The van der Waals surface area contributed by atoms with Crippen LogP contribution in [0.15, 0.2) is 36.5 Å². The number of halogens is 2. The minimum Gasteiger partial charge on any atom is -0.496 e. The van der Waals surface area contributed by atoms with E-state index in [-0.39, 0.29) is 18.3 Å². The van der Waals surface area contributed by atoms with E-state index in [4.69, 9.17) is 20.0 Å². The molecule has 0 amide bonds. The van der Waals surface area contributed by atoms with Crippen molar-refractivity contribution < 1.29 is 19.0 Å². The summed E-state index contributed by atoms with van der Waals surface area (Å²) in [4.78, 5) is 13.1. The van der Waals surface area contributed by atoms with E-state index >= 15 is 0 Å². The van der Waals surface area contributed by atoms with E-state index in [0.717, 1.165) is 10.5 Å². The molecular weight excluding hydrogens is 442 g/mol. The molecule has 7 nitrogen and oxygen atoms in total. The van der Waals surface area contributed by atoms with Crippen LogP contribution in [0, 0.1) is 14.8 Å². The molecule has 25 heavy (non-hydrogen) atoms. The Hall–Kier alpha value is -2.43. The topological polar surface area (TPSA) is 107 Å². The standard InChI is InChI=1S/C14H14FIN4O.C2H4O2/c1-21-12-4-2-3-11(15)10(12)8-19-14(17)20-13-6-5-9(16)7-18-13;1-2(3)4/h2-7H,8H2,1H3,(H3,17,18,19,20);1H3,(H,3,4). The number of carboxylic acids is 1. The Morgan fingerprint density at radius 1 is 1.40 bits per heavy atom. The number of guanidine groups is 1. The molecule has 4 N–H and O–H groups in total. The largest absolute Gasteiger partial charge is 0.496 e. The number of hydrogen-bond donors (Lipinski definition) is 4. The highest BCUT2D eigenvalue weighted by Crippen LogP contribution is 2.20. The summed E-state index contributed by atoms with van der Waals surface area (Å²) in [6.45, 7) is 1.23. The maximum Gasteiger partial charge on any atom is 0.300 e. The molecule has 9 heteroatoms. The number of methoxy groups -OCH3 is 1. The molecule has 1 aromatic heterocycles. The number of nitrogens with zero attached hydrogens (tertiary/aromatic N) is 1. The highest BCUT2D eigenvalue weighted by molar-refractivity contribution is 14.1. The van der Waals surface area contributed by atoms with E-state index < -0.39 is 5.97 Å². The third-order valence-electron chi connectivity index (χ3n) is 2.72. The molecule has 134 valence electrons. The number of aliphatic carboxylic acids is 1. The summed E-state index contributed by atoms with van der Waals surface area (Å²) in [5, 5.41) is 20.8. The first kappa shape index (κ1) is 20.6. The minimum atomic E-state index is -0.833. The Balaban J connectivity index is 0.000000705. The molecule has 2 rings (SSSR count). The highest BCUT2D eigenvalue weighted by atomic mass is 127. The van der Waals surface area contributed by atoms with Crippen LogP contribution < -0.4 is 15.4 Å². The van der Waals surface area contributed by atoms with Crippen LogP contribution in [0.5, 0.6) is 5.75 Å². The number of benzene rings is 1. The number of rotatable bonds is 4. The summed E-state index contributed by atoms with van der Waals surface area (Å²) in [6.07, 6.45) is 1.69. The third kappa shape index (κ3) is 7.79. The van der Waals surface area contributed by atoms with Crippen molar-refractivity contribution >= 4 is 40.3 Å². The SMILES string of the molecule is CC(=O)O.COc1cccc(F)c1CNC(=N)Nc1ccc(I)cn1. The summed E-state index contributed by atoms with van der Waals surface area (Å²) in [7, 11) is 1.48. The lowest BCUT2D eigenvalue weighted by Gasteiger charge is -2.13. The van der Waals surface area contributed by atoms with Crippen molar-refractivity contribution in [3.8, 4) is 5.75 Å². The molecule has 0 unspecified atom stereocenters. The van der Waals surface area contributed by atoms with Crippen molar-refractivity contribution in [2.24, 2.45) is 0 Å². The number of anilines is 1. The van der Waals surface area contributed by atoms with Crippen molar-refractivity contribution in [3.05, 3.63) is 51.5 Å². The number of ether oxygens (including phenoxy) is 1. The Labute approximate surface area is 158 Å². The minimum absolute atomic E-state index is 0.0361. The molecule has 0 bridgehead atoms. The highest BCUT2D eigenvalue weighted by Gasteiger charge is 2.09. The van der Waals surface area contributed by atoms with Gasteiger partial charge in [0, 0.05) is 28.8 Å². The molecule has 0 aliphatic carbocycles. The fourth-order valence-corrected chi connectivity index (χ4v) is 2.02. The normalized spacial score (nSPS) is 9.44. The predicted molar refractivity (Wildman–Crippen MR) is 101 cm³/mol. The smallest absolute Gasteiger partial charge is 0.300 e. The lowest BCUT2D eigenvalue weighted by atomic mass is 10.2. The Morgan fingerprint density at radius 3 is 2.64 bits per heavy atom. The van der Waals surface area contributed by atoms with Crippen LogP contribution in [-0.4, -0.2) is 29.1 Å². The zero-order valence-corrected chi connectivity index (χ0v) is 15.8. The van der Waals surface area contributed by atoms with E-state index in [1.807, 2.05) is 6.07 Å². The average Bonchev–Trinajstić information content (AvgIpc) is 2.55. The predicted octanol–water partition coefficient (Wildman–Crippen LogP) is 3.06. The van der Waals surface area contributed by atoms with Gasteiger partial charge in [-0.25, -0.2) is 9.37 Å². The summed E-state index contributed by atoms with van der Waals surface area (Å²) in [5.41, 5.74) is 0.377. The molecule has 1 aromatic carbocycles. The van der Waals surface area contributed by atoms with Gasteiger partial charge in [-0.05, 0) is 46.9 Å². The first-order valence-electron chi connectivity index (χ1n) is 7.05. The van der Waals surface area contributed by atoms with Crippen molar-refractivity contribution in [2.75, 3.05) is 12.4 Å². The lowest BCUT2D eigenvalue weighted by Crippen LogP contribution is -2.29. The number of hydrogen-bond acceptors (Lipinski definition) is 4. The lowest BCUT2D eigenvalue weighted by molar-refractivity contribution is -0.134. The summed E-state index contributed by atoms with van der Waals surface area (Å²) in [6, 6.07) is 8.26. The zero-order valence-electron chi connectivity index (χ0n) is 13.6. The molecule has 2 aromatic rings. The Morgan fingerprint density at radius 2 is 2.08 bits per heavy atom. The van der Waals surface area contributed by atoms with Crippen molar-refractivity contribution in [3.63, 3.8) is 0 Å². The number of pyridine rings is 1. The van der Waals surface area contributed by atoms with E-state index in [1.165, 1.54) is 13.2 Å². The second kappa shape index (κ2) is 10.4. The maximum absolute atomic E-state index is 13.7. The van der Waals surface area contributed by atoms with Gasteiger partial charge in [-0.1, -0.05) is 6.07 Å². The summed E-state index contributed by atoms with van der Waals surface area (Å²) < 4.78 is 19.8. The van der Waals surface area contributed by atoms with Gasteiger partial charge in [0.25, 0.3) is 5.97 Å². The zero-order chi connectivity index (χ0) is 18.8. The first-order valence-corrected chi connectivity index (χ1v) is 8.13. The van der Waals surface area contributed by atoms with Gasteiger partial charge >= 0.3 is 0 Å². The second-order valence-electron chi connectivity index (χ2n) is 4.65. The van der Waals surface area contributed by atoms with Crippen LogP contribution in [0.1, 0.15) is 12.5 Å². The molecule has 0 fully saturated rings. The van der Waals surface area contributed by atoms with Crippen molar-refractivity contribution in [2.45, 2.75) is 13.5 Å². The van der Waals surface area contributed by atoms with Crippen LogP contribution in [-0.2, 0) is 11.3 Å². The van der Waals surface area contributed by atoms with Crippen LogP contribution in [0.4, 0.5) is 10.2 Å². The summed E-state index contributed by atoms with van der Waals surface area (Å²) in [5.74, 6) is -0.174.